The van der Waals surface area contributed by atoms with Gasteiger partial charge in [-0.3, -0.25) is 0 Å². The maximum Gasteiger partial charge on any atom is 0.328 e. The third-order valence-electron chi connectivity index (χ3n) is 0.368. The number of hydrogen-bond acceptors (Lipinski definition) is 4. The molecule has 0 aromatic carbocycles. The molecule has 0 unspecified atom stereocenters. The molecule has 0 aliphatic heterocycles. The Morgan fingerprint density at radius 2 is 1.25 bits per heavy atom. The number of aliphatic carboxylic acids is 2. The van der Waals surface area contributed by atoms with Crippen LogP contribution in [0.5, 0.6) is 0 Å². The molecular formula is C6H10O6. The van der Waals surface area contributed by atoms with E-state index in [1.54, 1.807) is 0 Å². The third-order valence-corrected chi connectivity index (χ3v) is 0.368. The number of aliphatic hydroxyl groups excluding tert-OH is 1. The van der Waals surface area contributed by atoms with Crippen LogP contribution in [0.3, 0.4) is 0 Å². The molecule has 0 aromatic rings. The molecule has 0 radical (unpaired) electrons. The van der Waals surface area contributed by atoms with Crippen LogP contribution in [0, 0.1) is 0 Å². The van der Waals surface area contributed by atoms with Crippen LogP contribution in [0.15, 0.2) is 12.2 Å². The molecule has 0 heterocycles. The Morgan fingerprint density at radius 3 is 1.33 bits per heavy atom. The first-order chi connectivity index (χ1) is 5.36. The minimum absolute atomic E-state index is 0.558. The molecule has 6 heteroatoms. The van der Waals surface area contributed by atoms with E-state index >= 15 is 0 Å². The zero-order valence-electron chi connectivity index (χ0n) is 6.34. The SMILES string of the molecule is CC(O)O.O=C(O)C=CC(=O)O. The van der Waals surface area contributed by atoms with Crippen LogP contribution >= 0.6 is 0 Å². The molecule has 0 aliphatic carbocycles. The van der Waals surface area contributed by atoms with E-state index in [0.717, 1.165) is 0 Å². The Balaban J connectivity index is 0. The zero-order chi connectivity index (χ0) is 10.1. The van der Waals surface area contributed by atoms with E-state index in [-0.39, 0.29) is 0 Å². The first kappa shape index (κ1) is 13.2. The Labute approximate surface area is 68.4 Å². The second kappa shape index (κ2) is 7.70. The average molecular weight is 178 g/mol. The van der Waals surface area contributed by atoms with Crippen LogP contribution in [0.25, 0.3) is 0 Å². The minimum Gasteiger partial charge on any atom is -0.478 e. The predicted molar refractivity (Wildman–Crippen MR) is 38.3 cm³/mol. The number of hydrogen-bond donors (Lipinski definition) is 4. The Morgan fingerprint density at radius 1 is 1.08 bits per heavy atom. The van der Waals surface area contributed by atoms with Crippen molar-refractivity contribution in [2.24, 2.45) is 0 Å². The average Bonchev–Trinajstić information content (AvgIpc) is 1.82. The van der Waals surface area contributed by atoms with Gasteiger partial charge in [0.25, 0.3) is 0 Å². The van der Waals surface area contributed by atoms with Crippen molar-refractivity contribution < 1.29 is 30.0 Å². The van der Waals surface area contributed by atoms with E-state index in [1.807, 2.05) is 0 Å². The summed E-state index contributed by atoms with van der Waals surface area (Å²) in [7, 11) is 0. The van der Waals surface area contributed by atoms with Crippen molar-refractivity contribution in [3.63, 3.8) is 0 Å². The molecule has 0 aromatic heterocycles. The van der Waals surface area contributed by atoms with Crippen molar-refractivity contribution in [1.29, 1.82) is 0 Å². The Bertz CT molecular complexity index is 152. The number of rotatable bonds is 2. The van der Waals surface area contributed by atoms with Gasteiger partial charge in [-0.05, 0) is 6.92 Å². The van der Waals surface area contributed by atoms with Gasteiger partial charge in [0.1, 0.15) is 6.29 Å². The fraction of sp³-hybridized carbons (Fsp3) is 0.333. The quantitative estimate of drug-likeness (QED) is 0.319. The molecule has 0 bridgehead atoms. The number of carboxylic acids is 2. The highest BCUT2D eigenvalue weighted by molar-refractivity contribution is 5.89. The number of aliphatic hydroxyl groups is 2. The summed E-state index contributed by atoms with van der Waals surface area (Å²) in [5.74, 6) is -2.51. The topological polar surface area (TPSA) is 115 Å². The first-order valence-corrected chi connectivity index (χ1v) is 2.86. The van der Waals surface area contributed by atoms with Crippen molar-refractivity contribution >= 4 is 11.9 Å². The molecular weight excluding hydrogens is 168 g/mol. The van der Waals surface area contributed by atoms with Gasteiger partial charge in [-0.15, -0.1) is 0 Å². The zero-order valence-corrected chi connectivity index (χ0v) is 6.34. The van der Waals surface area contributed by atoms with Gasteiger partial charge in [0.05, 0.1) is 0 Å². The molecule has 0 saturated heterocycles. The van der Waals surface area contributed by atoms with Crippen molar-refractivity contribution in [3.8, 4) is 0 Å². The molecule has 70 valence electrons. The molecule has 6 nitrogen and oxygen atoms in total. The van der Waals surface area contributed by atoms with Gasteiger partial charge in [0, 0.05) is 12.2 Å². The van der Waals surface area contributed by atoms with Crippen LogP contribution < -0.4 is 0 Å². The standard InChI is InChI=1S/C4H4O4.C2H6O2/c5-3(6)1-2-4(7)8;1-2(3)4/h1-2H,(H,5,6)(H,7,8);2-4H,1H3. The second-order valence-corrected chi connectivity index (χ2v) is 1.64. The molecule has 0 amide bonds. The smallest absolute Gasteiger partial charge is 0.328 e. The summed E-state index contributed by atoms with van der Waals surface area (Å²) in [4.78, 5) is 19.1. The van der Waals surface area contributed by atoms with Crippen LogP contribution in [0.2, 0.25) is 0 Å². The molecule has 0 spiro atoms. The Kier molecular flexibility index (Phi) is 8.48. The highest BCUT2D eigenvalue weighted by Gasteiger charge is 1.88. The van der Waals surface area contributed by atoms with Crippen LogP contribution in [0.4, 0.5) is 0 Å². The highest BCUT2D eigenvalue weighted by Crippen LogP contribution is 1.70. The lowest BCUT2D eigenvalue weighted by Gasteiger charge is -1.80. The molecule has 4 N–H and O–H groups in total. The van der Waals surface area contributed by atoms with Gasteiger partial charge in [-0.1, -0.05) is 0 Å². The molecule has 0 rings (SSSR count). The van der Waals surface area contributed by atoms with Crippen LogP contribution in [-0.4, -0.2) is 38.7 Å². The van der Waals surface area contributed by atoms with E-state index in [4.69, 9.17) is 20.4 Å². The van der Waals surface area contributed by atoms with Crippen molar-refractivity contribution in [2.75, 3.05) is 0 Å². The largest absolute Gasteiger partial charge is 0.478 e. The van der Waals surface area contributed by atoms with Crippen molar-refractivity contribution in [2.45, 2.75) is 13.2 Å². The summed E-state index contributed by atoms with van der Waals surface area (Å²) in [6.07, 6.45) is -0.0509. The third kappa shape index (κ3) is 38.3. The van der Waals surface area contributed by atoms with E-state index in [2.05, 4.69) is 0 Å². The number of carboxylic acid groups (broad SMARTS) is 2. The van der Waals surface area contributed by atoms with E-state index in [9.17, 15) is 9.59 Å². The lowest BCUT2D eigenvalue weighted by Crippen LogP contribution is -1.92. The molecule has 0 fully saturated rings. The minimum atomic E-state index is -1.26. The fourth-order valence-electron chi connectivity index (χ4n) is 0.143. The molecule has 0 atom stereocenters. The van der Waals surface area contributed by atoms with Gasteiger partial charge in [-0.2, -0.15) is 0 Å². The monoisotopic (exact) mass is 178 g/mol. The summed E-state index contributed by atoms with van der Waals surface area (Å²) in [6.45, 7) is 1.28. The summed E-state index contributed by atoms with van der Waals surface area (Å²) in [6, 6.07) is 0. The molecule has 0 aliphatic rings. The molecule has 12 heavy (non-hydrogen) atoms. The summed E-state index contributed by atoms with van der Waals surface area (Å²) >= 11 is 0. The summed E-state index contributed by atoms with van der Waals surface area (Å²) in [5.41, 5.74) is 0. The number of carbonyl (C=O) groups is 2. The summed E-state index contributed by atoms with van der Waals surface area (Å²) in [5, 5.41) is 30.8. The lowest BCUT2D eigenvalue weighted by atomic mass is 10.5. The van der Waals surface area contributed by atoms with E-state index in [1.165, 1.54) is 6.92 Å². The van der Waals surface area contributed by atoms with Crippen molar-refractivity contribution in [3.05, 3.63) is 12.2 Å². The predicted octanol–water partition coefficient (Wildman–Crippen LogP) is -0.971. The lowest BCUT2D eigenvalue weighted by molar-refractivity contribution is -0.134. The van der Waals surface area contributed by atoms with Crippen LogP contribution in [-0.2, 0) is 9.59 Å². The van der Waals surface area contributed by atoms with E-state index < -0.39 is 18.2 Å². The maximum absolute atomic E-state index is 9.55. The summed E-state index contributed by atoms with van der Waals surface area (Å²) < 4.78 is 0. The van der Waals surface area contributed by atoms with Crippen LogP contribution in [0.1, 0.15) is 6.92 Å². The fourth-order valence-corrected chi connectivity index (χ4v) is 0.143. The van der Waals surface area contributed by atoms with E-state index in [0.29, 0.717) is 12.2 Å². The normalized spacial score (nSPS) is 9.33. The van der Waals surface area contributed by atoms with Gasteiger partial charge >= 0.3 is 11.9 Å². The van der Waals surface area contributed by atoms with Gasteiger partial charge in [0.15, 0.2) is 0 Å². The van der Waals surface area contributed by atoms with Crippen molar-refractivity contribution in [1.82, 2.24) is 0 Å². The molecule has 0 saturated carbocycles. The first-order valence-electron chi connectivity index (χ1n) is 2.86. The van der Waals surface area contributed by atoms with Gasteiger partial charge in [0.2, 0.25) is 0 Å². The van der Waals surface area contributed by atoms with Gasteiger partial charge in [-0.25, -0.2) is 9.59 Å². The van der Waals surface area contributed by atoms with Gasteiger partial charge < -0.3 is 20.4 Å². The maximum atomic E-state index is 9.55. The Hall–Kier alpha value is -1.40. The highest BCUT2D eigenvalue weighted by atomic mass is 16.5. The second-order valence-electron chi connectivity index (χ2n) is 1.64.